The van der Waals surface area contributed by atoms with Gasteiger partial charge in [-0.25, -0.2) is 14.4 Å². The van der Waals surface area contributed by atoms with Gasteiger partial charge in [-0.3, -0.25) is 4.79 Å². The first-order chi connectivity index (χ1) is 18.6. The molecular formula is C28H35F4N5O2. The molecule has 1 aromatic carbocycles. The molecule has 2 fully saturated rings. The van der Waals surface area contributed by atoms with Crippen molar-refractivity contribution in [3.8, 4) is 5.75 Å². The van der Waals surface area contributed by atoms with Crippen LogP contribution in [-0.4, -0.2) is 54.1 Å². The number of halogens is 4. The van der Waals surface area contributed by atoms with Gasteiger partial charge >= 0.3 is 6.18 Å². The molecule has 0 radical (unpaired) electrons. The Morgan fingerprint density at radius 1 is 1.15 bits per heavy atom. The van der Waals surface area contributed by atoms with Crippen molar-refractivity contribution in [3.63, 3.8) is 0 Å². The Kier molecular flexibility index (Phi) is 9.42. The Morgan fingerprint density at radius 2 is 1.87 bits per heavy atom. The van der Waals surface area contributed by atoms with Crippen molar-refractivity contribution in [2.75, 3.05) is 32.6 Å². The van der Waals surface area contributed by atoms with E-state index in [9.17, 15) is 18.0 Å². The van der Waals surface area contributed by atoms with Crippen molar-refractivity contribution in [1.82, 2.24) is 20.2 Å². The van der Waals surface area contributed by atoms with Crippen molar-refractivity contribution in [1.29, 1.82) is 0 Å². The molecule has 1 amide bonds. The number of benzene rings is 1. The van der Waals surface area contributed by atoms with Gasteiger partial charge in [0.15, 0.2) is 0 Å². The number of rotatable bonds is 8. The second kappa shape index (κ2) is 12.8. The maximum Gasteiger partial charge on any atom is 0.419 e. The van der Waals surface area contributed by atoms with Crippen LogP contribution < -0.4 is 15.4 Å². The molecule has 212 valence electrons. The van der Waals surface area contributed by atoms with Crippen LogP contribution in [0.1, 0.15) is 73.0 Å². The molecule has 0 unspecified atom stereocenters. The third-order valence-electron chi connectivity index (χ3n) is 7.43. The molecule has 1 saturated heterocycles. The summed E-state index contributed by atoms with van der Waals surface area (Å²) in [6, 6.07) is 2.26. The van der Waals surface area contributed by atoms with Crippen LogP contribution in [0.2, 0.25) is 0 Å². The molecule has 1 saturated carbocycles. The molecule has 4 rings (SSSR count). The topological polar surface area (TPSA) is 79.4 Å². The number of piperidine rings is 1. The predicted octanol–water partition coefficient (Wildman–Crippen LogP) is 6.19. The molecule has 0 atom stereocenters. The number of nitrogens with zero attached hydrogens (tertiary/aromatic N) is 3. The third-order valence-corrected chi connectivity index (χ3v) is 7.43. The highest BCUT2D eigenvalue weighted by Crippen LogP contribution is 2.34. The molecule has 11 heteroatoms. The first-order valence-corrected chi connectivity index (χ1v) is 13.4. The fourth-order valence-corrected chi connectivity index (χ4v) is 5.13. The number of hydrogen-bond donors (Lipinski definition) is 2. The summed E-state index contributed by atoms with van der Waals surface area (Å²) in [6.45, 7) is 1.68. The van der Waals surface area contributed by atoms with Gasteiger partial charge in [-0.2, -0.15) is 13.2 Å². The molecule has 1 aromatic heterocycles. The fourth-order valence-electron chi connectivity index (χ4n) is 5.13. The number of allylic oxidation sites excluding steroid dienone is 1. The Labute approximate surface area is 226 Å². The highest BCUT2D eigenvalue weighted by Gasteiger charge is 2.34. The van der Waals surface area contributed by atoms with Crippen LogP contribution in [0.15, 0.2) is 24.4 Å². The third kappa shape index (κ3) is 7.68. The summed E-state index contributed by atoms with van der Waals surface area (Å²) in [5, 5.41) is 5.62. The summed E-state index contributed by atoms with van der Waals surface area (Å²) in [4.78, 5) is 22.8. The molecule has 0 spiro atoms. The summed E-state index contributed by atoms with van der Waals surface area (Å²) in [7, 11) is 3.36. The highest BCUT2D eigenvalue weighted by molar-refractivity contribution is 5.96. The van der Waals surface area contributed by atoms with Crippen LogP contribution in [0, 0.1) is 11.7 Å². The van der Waals surface area contributed by atoms with Crippen LogP contribution in [-0.2, 0) is 6.18 Å². The number of aromatic nitrogens is 2. The number of likely N-dealkylation sites (tertiary alicyclic amines) is 1. The van der Waals surface area contributed by atoms with Gasteiger partial charge in [-0.05, 0) is 57.5 Å². The number of carbonyl (C=O) groups is 1. The maximum atomic E-state index is 15.0. The lowest BCUT2D eigenvalue weighted by molar-refractivity contribution is -0.138. The number of carbonyl (C=O) groups excluding carboxylic acids is 1. The number of alkyl halides is 3. The minimum atomic E-state index is -4.63. The normalized spacial score (nSPS) is 17.9. The van der Waals surface area contributed by atoms with E-state index in [1.165, 1.54) is 25.7 Å². The summed E-state index contributed by atoms with van der Waals surface area (Å²) in [6.07, 6.45) is 7.04. The van der Waals surface area contributed by atoms with Crippen molar-refractivity contribution < 1.29 is 27.1 Å². The molecule has 1 aliphatic heterocycles. The smallest absolute Gasteiger partial charge is 0.419 e. The molecule has 2 aliphatic rings. The lowest BCUT2D eigenvalue weighted by Crippen LogP contribution is -2.43. The number of methoxy groups -OCH3 is 1. The lowest BCUT2D eigenvalue weighted by atomic mass is 9.87. The van der Waals surface area contributed by atoms with Crippen molar-refractivity contribution in [2.24, 2.45) is 5.92 Å². The van der Waals surface area contributed by atoms with Crippen molar-refractivity contribution in [2.45, 2.75) is 63.6 Å². The van der Waals surface area contributed by atoms with Gasteiger partial charge in [0.05, 0.1) is 29.6 Å². The number of amides is 1. The minimum Gasteiger partial charge on any atom is -0.495 e. The van der Waals surface area contributed by atoms with Gasteiger partial charge in [-0.1, -0.05) is 38.2 Å². The zero-order valence-electron chi connectivity index (χ0n) is 22.3. The highest BCUT2D eigenvalue weighted by atomic mass is 19.4. The zero-order valence-corrected chi connectivity index (χ0v) is 22.3. The minimum absolute atomic E-state index is 0.0537. The molecule has 1 aliphatic carbocycles. The molecule has 7 nitrogen and oxygen atoms in total. The molecule has 2 heterocycles. The Morgan fingerprint density at radius 3 is 2.54 bits per heavy atom. The summed E-state index contributed by atoms with van der Waals surface area (Å²) in [5.74, 6) is -0.915. The number of ether oxygens (including phenoxy) is 1. The Bertz CT molecular complexity index is 1170. The second-order valence-electron chi connectivity index (χ2n) is 10.3. The van der Waals surface area contributed by atoms with E-state index in [0.29, 0.717) is 18.5 Å². The fraction of sp³-hybridized carbons (Fsp3) is 0.536. The maximum absolute atomic E-state index is 15.0. The quantitative estimate of drug-likeness (QED) is 0.382. The zero-order chi connectivity index (χ0) is 28.0. The molecular weight excluding hydrogens is 514 g/mol. The average Bonchev–Trinajstić information content (AvgIpc) is 2.90. The monoisotopic (exact) mass is 549 g/mol. The molecule has 2 aromatic rings. The van der Waals surface area contributed by atoms with E-state index in [-0.39, 0.29) is 34.7 Å². The van der Waals surface area contributed by atoms with E-state index in [2.05, 4.69) is 25.5 Å². The number of hydrogen-bond acceptors (Lipinski definition) is 6. The van der Waals surface area contributed by atoms with Crippen molar-refractivity contribution in [3.05, 3.63) is 47.0 Å². The van der Waals surface area contributed by atoms with Gasteiger partial charge in [0.2, 0.25) is 5.95 Å². The van der Waals surface area contributed by atoms with Gasteiger partial charge in [0.1, 0.15) is 11.6 Å². The number of anilines is 2. The van der Waals surface area contributed by atoms with E-state index in [1.807, 2.05) is 7.05 Å². The molecule has 0 bridgehead atoms. The molecule has 2 N–H and O–H groups in total. The Balaban J connectivity index is 1.52. The number of nitrogens with one attached hydrogen (secondary N) is 2. The van der Waals surface area contributed by atoms with Crippen molar-refractivity contribution >= 4 is 23.6 Å². The van der Waals surface area contributed by atoms with E-state index >= 15 is 4.39 Å². The largest absolute Gasteiger partial charge is 0.495 e. The van der Waals surface area contributed by atoms with Crippen LogP contribution in [0.25, 0.3) is 6.08 Å². The van der Waals surface area contributed by atoms with E-state index in [1.54, 1.807) is 6.08 Å². The van der Waals surface area contributed by atoms with Crippen LogP contribution in [0.5, 0.6) is 5.75 Å². The summed E-state index contributed by atoms with van der Waals surface area (Å²) >= 11 is 0. The summed E-state index contributed by atoms with van der Waals surface area (Å²) in [5.41, 5.74) is -1.32. The van der Waals surface area contributed by atoms with Gasteiger partial charge in [0.25, 0.3) is 5.91 Å². The van der Waals surface area contributed by atoms with Crippen LogP contribution in [0.3, 0.4) is 0 Å². The van der Waals surface area contributed by atoms with Gasteiger partial charge < -0.3 is 20.3 Å². The lowest BCUT2D eigenvalue weighted by Gasteiger charge is -2.29. The predicted molar refractivity (Wildman–Crippen MR) is 141 cm³/mol. The first kappa shape index (κ1) is 28.8. The van der Waals surface area contributed by atoms with Gasteiger partial charge in [-0.15, -0.1) is 0 Å². The second-order valence-corrected chi connectivity index (χ2v) is 10.3. The van der Waals surface area contributed by atoms with Crippen LogP contribution in [0.4, 0.5) is 29.2 Å². The summed E-state index contributed by atoms with van der Waals surface area (Å²) < 4.78 is 61.2. The SMILES string of the molecule is COc1cc(C(=O)NC2CCN(C)CC2)c(F)cc1Nc1ncc(C(F)(F)F)c(C=CCC2CCCCC2)n1. The standard InChI is InChI=1S/C28H35F4N5O2/c1-37-13-11-19(12-14-37)34-26(38)20-15-25(39-2)24(16-22(20)29)36-27-33-17-21(28(30,31)32)23(35-27)10-6-9-18-7-4-3-5-8-18/h6,10,15-19H,3-5,7-9,11-14H2,1-2H3,(H,34,38)(H,33,35,36). The van der Waals surface area contributed by atoms with Crippen LogP contribution >= 0.6 is 0 Å². The van der Waals surface area contributed by atoms with E-state index < -0.39 is 23.5 Å². The van der Waals surface area contributed by atoms with E-state index in [4.69, 9.17) is 4.74 Å². The first-order valence-electron chi connectivity index (χ1n) is 13.4. The Hall–Kier alpha value is -3.21. The average molecular weight is 550 g/mol. The molecule has 39 heavy (non-hydrogen) atoms. The van der Waals surface area contributed by atoms with E-state index in [0.717, 1.165) is 57.7 Å². The van der Waals surface area contributed by atoms with Gasteiger partial charge in [0, 0.05) is 18.3 Å².